The van der Waals surface area contributed by atoms with Gasteiger partial charge in [-0.15, -0.1) is 0 Å². The number of rotatable bonds is 3. The van der Waals surface area contributed by atoms with Gasteiger partial charge in [0.2, 0.25) is 6.43 Å². The predicted octanol–water partition coefficient (Wildman–Crippen LogP) is 6.72. The predicted molar refractivity (Wildman–Crippen MR) is 110 cm³/mol. The number of hydrogen-bond acceptors (Lipinski definition) is 5. The normalized spacial score (nSPS) is 14.4. The summed E-state index contributed by atoms with van der Waals surface area (Å²) in [5, 5.41) is 8.22. The fourth-order valence-corrected chi connectivity index (χ4v) is 0.603. The van der Waals surface area contributed by atoms with Gasteiger partial charge >= 0.3 is 12.8 Å². The number of nitrogens with zero attached hydrogens (tertiary/aromatic N) is 1. The van der Waals surface area contributed by atoms with Gasteiger partial charge in [0.15, 0.2) is 0 Å². The van der Waals surface area contributed by atoms with E-state index in [-0.39, 0.29) is 12.3 Å². The highest BCUT2D eigenvalue weighted by molar-refractivity contribution is 5.06. The van der Waals surface area contributed by atoms with Crippen LogP contribution in [0, 0.1) is 16.7 Å². The second kappa shape index (κ2) is 27.9. The lowest BCUT2D eigenvalue weighted by Gasteiger charge is -1.88. The molecule has 0 heterocycles. The Hall–Kier alpha value is -1.16. The summed E-state index contributed by atoms with van der Waals surface area (Å²) >= 11 is 0. The Morgan fingerprint density at radius 3 is 1.25 bits per heavy atom. The first-order valence-electron chi connectivity index (χ1n) is 9.52. The van der Waals surface area contributed by atoms with Gasteiger partial charge in [-0.05, 0) is 46.5 Å². The molecule has 2 fully saturated rings. The summed E-state index contributed by atoms with van der Waals surface area (Å²) in [6, 6.07) is 2.22. The lowest BCUT2D eigenvalue weighted by molar-refractivity contribution is -0.110. The Bertz CT molecular complexity index is 372. The summed E-state index contributed by atoms with van der Waals surface area (Å²) < 4.78 is 89.9. The smallest absolute Gasteiger partial charge is 0.386 e. The molecule has 0 saturated heterocycles. The third-order valence-corrected chi connectivity index (χ3v) is 2.59. The Balaban J connectivity index is -0.0000000896. The molecule has 0 aliphatic heterocycles. The van der Waals surface area contributed by atoms with E-state index in [1.165, 1.54) is 12.8 Å². The van der Waals surface area contributed by atoms with Gasteiger partial charge in [-0.3, -0.25) is 0 Å². The van der Waals surface area contributed by atoms with Crippen molar-refractivity contribution >= 4 is 0 Å². The first kappa shape index (κ1) is 41.1. The van der Waals surface area contributed by atoms with Crippen molar-refractivity contribution in [3.63, 3.8) is 0 Å². The lowest BCUT2D eigenvalue weighted by Crippen LogP contribution is -1.95. The van der Waals surface area contributed by atoms with Crippen molar-refractivity contribution in [3.05, 3.63) is 0 Å². The van der Waals surface area contributed by atoms with Crippen molar-refractivity contribution in [2.24, 2.45) is 5.41 Å². The van der Waals surface area contributed by atoms with Crippen LogP contribution in [-0.4, -0.2) is 67.5 Å². The number of ether oxygens (including phenoxy) is 4. The molecule has 0 aromatic rings. The molecule has 198 valence electrons. The summed E-state index contributed by atoms with van der Waals surface area (Å²) in [6.45, 7) is 3.18. The Kier molecular flexibility index (Phi) is 35.8. The summed E-state index contributed by atoms with van der Waals surface area (Å²) in [5.41, 5.74) is 0.0972. The molecule has 0 unspecified atom stereocenters. The minimum absolute atomic E-state index is 0.0972. The average molecular weight is 492 g/mol. The van der Waals surface area contributed by atoms with Gasteiger partial charge < -0.3 is 18.9 Å². The van der Waals surface area contributed by atoms with Crippen LogP contribution in [0.3, 0.4) is 0 Å². The molecule has 2 aliphatic carbocycles. The van der Waals surface area contributed by atoms with Gasteiger partial charge in [-0.2, -0.15) is 27.2 Å². The second-order valence-corrected chi connectivity index (χ2v) is 6.39. The van der Waals surface area contributed by atoms with Gasteiger partial charge in [-0.1, -0.05) is 0 Å². The third-order valence-electron chi connectivity index (χ3n) is 2.59. The highest BCUT2D eigenvalue weighted by Crippen LogP contribution is 2.43. The number of methoxy groups -OCH3 is 4. The molecule has 0 amide bonds. The van der Waals surface area contributed by atoms with Gasteiger partial charge in [0.1, 0.15) is 0 Å². The first-order chi connectivity index (χ1) is 14.5. The molecule has 5 nitrogen and oxygen atoms in total. The molecule has 2 saturated carbocycles. The topological polar surface area (TPSA) is 60.7 Å². The molecule has 0 N–H and O–H groups in total. The molecule has 0 aromatic heterocycles. The van der Waals surface area contributed by atoms with Gasteiger partial charge in [-0.25, -0.2) is 8.78 Å². The van der Waals surface area contributed by atoms with E-state index in [2.05, 4.69) is 20.3 Å². The van der Waals surface area contributed by atoms with Crippen LogP contribution in [0.5, 0.6) is 0 Å². The van der Waals surface area contributed by atoms with E-state index in [0.29, 0.717) is 6.10 Å². The fourth-order valence-electron chi connectivity index (χ4n) is 0.603. The van der Waals surface area contributed by atoms with Crippen LogP contribution in [0.25, 0.3) is 0 Å². The highest BCUT2D eigenvalue weighted by atomic mass is 19.4. The largest absolute Gasteiger partial charge is 0.388 e. The summed E-state index contributed by atoms with van der Waals surface area (Å²) in [6.07, 6.45) is -0.727. The maximum Gasteiger partial charge on any atom is 0.386 e. The van der Waals surface area contributed by atoms with E-state index in [0.717, 1.165) is 33.5 Å². The van der Waals surface area contributed by atoms with E-state index in [9.17, 15) is 30.7 Å². The molecule has 0 radical (unpaired) electrons. The van der Waals surface area contributed by atoms with E-state index in [1.807, 2.05) is 13.8 Å². The monoisotopic (exact) mass is 491 g/mol. The van der Waals surface area contributed by atoms with Crippen LogP contribution in [0.2, 0.25) is 0 Å². The zero-order valence-electron chi connectivity index (χ0n) is 20.5. The molecule has 32 heavy (non-hydrogen) atoms. The van der Waals surface area contributed by atoms with Crippen LogP contribution in [0.15, 0.2) is 0 Å². The average Bonchev–Trinajstić information content (AvgIpc) is 3.58. The van der Waals surface area contributed by atoms with E-state index >= 15 is 0 Å². The maximum atomic E-state index is 10.5. The van der Waals surface area contributed by atoms with Crippen LogP contribution in [0.1, 0.15) is 53.4 Å². The Morgan fingerprint density at radius 2 is 1.25 bits per heavy atom. The van der Waals surface area contributed by atoms with Gasteiger partial charge in [0, 0.05) is 49.1 Å². The van der Waals surface area contributed by atoms with Crippen molar-refractivity contribution in [3.8, 4) is 6.07 Å². The molecule has 0 bridgehead atoms. The second-order valence-electron chi connectivity index (χ2n) is 6.39. The molecule has 0 aromatic carbocycles. The van der Waals surface area contributed by atoms with Gasteiger partial charge in [0.25, 0.3) is 0 Å². The lowest BCUT2D eigenvalue weighted by atomic mass is 10.2. The molecule has 0 atom stereocenters. The Labute approximate surface area is 188 Å². The van der Waals surface area contributed by atoms with Crippen LogP contribution < -0.4 is 0 Å². The van der Waals surface area contributed by atoms with E-state index < -0.39 is 19.2 Å². The van der Waals surface area contributed by atoms with Crippen LogP contribution in [0.4, 0.5) is 30.7 Å². The molecule has 2 aliphatic rings. The third kappa shape index (κ3) is 101. The number of hydrogen-bond donors (Lipinski definition) is 0. The van der Waals surface area contributed by atoms with Crippen molar-refractivity contribution in [1.29, 1.82) is 5.26 Å². The SMILES string of the molecule is CC(F)(F)F.CC(F)F.CC1(C#N)CC1.CCOC.COC.COC(F)F.COC1CC1. The van der Waals surface area contributed by atoms with E-state index in [4.69, 9.17) is 10.00 Å². The molecule has 12 heteroatoms. The summed E-state index contributed by atoms with van der Waals surface area (Å²) in [7, 11) is 7.64. The minimum atomic E-state index is -4.00. The maximum absolute atomic E-state index is 10.5. The quantitative estimate of drug-likeness (QED) is 0.411. The van der Waals surface area contributed by atoms with Crippen LogP contribution in [-0.2, 0) is 18.9 Å². The number of nitriles is 1. The van der Waals surface area contributed by atoms with Gasteiger partial charge in [0.05, 0.1) is 17.6 Å². The standard InChI is InChI=1S/C5H7N.C4H8O.C3H8O.C2H3F3.C2H4F2O.C2H4F2.C2H6O/c1-5(4-6)2-3-5;1-5-4-2-3-4;1-3-4-2;1-2(3,4)5;1-5-2(3)4;1-2(3)4;1-3-2/h2-3H2,1H3;4H,2-3H2,1H3;3H2,1-2H3;1H3;2H,1H3;2H,1H3;1-2H3. The van der Waals surface area contributed by atoms with Crippen molar-refractivity contribution in [1.82, 2.24) is 0 Å². The fraction of sp³-hybridized carbons (Fsp3) is 0.950. The van der Waals surface area contributed by atoms with Crippen LogP contribution >= 0.6 is 0 Å². The van der Waals surface area contributed by atoms with Crippen molar-refractivity contribution < 1.29 is 49.7 Å². The molecular weight excluding hydrogens is 451 g/mol. The first-order valence-corrected chi connectivity index (χ1v) is 9.52. The highest BCUT2D eigenvalue weighted by Gasteiger charge is 2.37. The number of halogens is 7. The molecular formula is C20H40F7NO4. The number of alkyl halides is 7. The van der Waals surface area contributed by atoms with Crippen molar-refractivity contribution in [2.75, 3.05) is 42.2 Å². The molecule has 0 spiro atoms. The minimum Gasteiger partial charge on any atom is -0.388 e. The molecule has 2 rings (SSSR count). The summed E-state index contributed by atoms with van der Waals surface area (Å²) in [5.74, 6) is 0. The zero-order valence-corrected chi connectivity index (χ0v) is 20.5. The van der Waals surface area contributed by atoms with E-state index in [1.54, 1.807) is 28.4 Å². The summed E-state index contributed by atoms with van der Waals surface area (Å²) in [4.78, 5) is 0. The van der Waals surface area contributed by atoms with Crippen molar-refractivity contribution in [2.45, 2.75) is 78.7 Å². The zero-order chi connectivity index (χ0) is 26.8. The Morgan fingerprint density at radius 1 is 1.00 bits per heavy atom.